The van der Waals surface area contributed by atoms with Gasteiger partial charge < -0.3 is 10.8 Å². The van der Waals surface area contributed by atoms with Crippen LogP contribution >= 0.6 is 0 Å². The quantitative estimate of drug-likeness (QED) is 0.787. The van der Waals surface area contributed by atoms with Gasteiger partial charge in [0.15, 0.2) is 0 Å². The molecule has 0 amide bonds. The lowest BCUT2D eigenvalue weighted by atomic mass is 10.1. The predicted octanol–water partition coefficient (Wildman–Crippen LogP) is 0.710. The van der Waals surface area contributed by atoms with Gasteiger partial charge in [0.1, 0.15) is 0 Å². The van der Waals surface area contributed by atoms with Gasteiger partial charge in [0, 0.05) is 6.20 Å². The first kappa shape index (κ1) is 12.7. The van der Waals surface area contributed by atoms with Crippen LogP contribution in [0.15, 0.2) is 30.5 Å². The molecule has 0 saturated heterocycles. The van der Waals surface area contributed by atoms with Crippen LogP contribution in [0.1, 0.15) is 23.2 Å². The Morgan fingerprint density at radius 3 is 2.56 bits per heavy atom. The second-order valence-corrected chi connectivity index (χ2v) is 4.27. The van der Waals surface area contributed by atoms with Gasteiger partial charge in [0.2, 0.25) is 0 Å². The first-order chi connectivity index (χ1) is 8.81. The van der Waals surface area contributed by atoms with E-state index in [-0.39, 0.29) is 6.61 Å². The first-order valence-electron chi connectivity index (χ1n) is 6.09. The number of hydrogen-bond donors (Lipinski definition) is 2. The SMILES string of the molecule is NCCCc1cn(Cc2ccc(CO)cc2)nn1. The van der Waals surface area contributed by atoms with Crippen molar-refractivity contribution in [1.82, 2.24) is 15.0 Å². The standard InChI is InChI=1S/C13H18N4O/c14-7-1-2-13-9-17(16-15-13)8-11-3-5-12(10-18)6-4-11/h3-6,9,18H,1-2,7-8,10,14H2. The van der Waals surface area contributed by atoms with Crippen LogP contribution < -0.4 is 5.73 Å². The lowest BCUT2D eigenvalue weighted by Gasteiger charge is -2.02. The van der Waals surface area contributed by atoms with E-state index in [1.807, 2.05) is 35.1 Å². The Morgan fingerprint density at radius 2 is 1.89 bits per heavy atom. The molecule has 0 spiro atoms. The van der Waals surface area contributed by atoms with E-state index >= 15 is 0 Å². The average molecular weight is 246 g/mol. The fourth-order valence-electron chi connectivity index (χ4n) is 1.75. The molecule has 1 heterocycles. The molecule has 5 heteroatoms. The molecule has 96 valence electrons. The van der Waals surface area contributed by atoms with Crippen molar-refractivity contribution >= 4 is 0 Å². The Morgan fingerprint density at radius 1 is 1.17 bits per heavy atom. The van der Waals surface area contributed by atoms with Crippen LogP contribution in [0.3, 0.4) is 0 Å². The highest BCUT2D eigenvalue weighted by molar-refractivity contribution is 5.22. The minimum Gasteiger partial charge on any atom is -0.392 e. The van der Waals surface area contributed by atoms with Gasteiger partial charge in [-0.2, -0.15) is 0 Å². The Labute approximate surface area is 106 Å². The third-order valence-corrected chi connectivity index (χ3v) is 2.77. The summed E-state index contributed by atoms with van der Waals surface area (Å²) in [5.74, 6) is 0. The number of nitrogens with two attached hydrogens (primary N) is 1. The molecule has 2 rings (SSSR count). The predicted molar refractivity (Wildman–Crippen MR) is 68.9 cm³/mol. The monoisotopic (exact) mass is 246 g/mol. The van der Waals surface area contributed by atoms with Crippen LogP contribution in [0.25, 0.3) is 0 Å². The van der Waals surface area contributed by atoms with Gasteiger partial charge in [-0.25, -0.2) is 4.68 Å². The van der Waals surface area contributed by atoms with Crippen LogP contribution in [0.5, 0.6) is 0 Å². The number of nitrogens with zero attached hydrogens (tertiary/aromatic N) is 3. The van der Waals surface area contributed by atoms with Crippen LogP contribution in [0, 0.1) is 0 Å². The third kappa shape index (κ3) is 3.38. The molecule has 1 aromatic heterocycles. The lowest BCUT2D eigenvalue weighted by molar-refractivity contribution is 0.282. The fraction of sp³-hybridized carbons (Fsp3) is 0.385. The number of benzene rings is 1. The summed E-state index contributed by atoms with van der Waals surface area (Å²) < 4.78 is 1.82. The van der Waals surface area contributed by atoms with Gasteiger partial charge >= 0.3 is 0 Å². The Kier molecular flexibility index (Phi) is 4.44. The highest BCUT2D eigenvalue weighted by Gasteiger charge is 2.01. The lowest BCUT2D eigenvalue weighted by Crippen LogP contribution is -2.01. The molecular formula is C13H18N4O. The van der Waals surface area contributed by atoms with E-state index in [4.69, 9.17) is 10.8 Å². The molecular weight excluding hydrogens is 228 g/mol. The average Bonchev–Trinajstić information content (AvgIpc) is 2.85. The minimum absolute atomic E-state index is 0.0762. The molecule has 0 atom stereocenters. The van der Waals surface area contributed by atoms with Gasteiger partial charge in [-0.3, -0.25) is 0 Å². The topological polar surface area (TPSA) is 77.0 Å². The summed E-state index contributed by atoms with van der Waals surface area (Å²) in [5.41, 5.74) is 8.50. The van der Waals surface area contributed by atoms with Gasteiger partial charge in [-0.1, -0.05) is 29.5 Å². The Hall–Kier alpha value is -1.72. The number of aryl methyl sites for hydroxylation is 1. The van der Waals surface area contributed by atoms with Gasteiger partial charge in [0.05, 0.1) is 18.8 Å². The van der Waals surface area contributed by atoms with E-state index in [9.17, 15) is 0 Å². The number of hydrogen-bond acceptors (Lipinski definition) is 4. The van der Waals surface area contributed by atoms with Crippen molar-refractivity contribution in [3.05, 3.63) is 47.3 Å². The summed E-state index contributed by atoms with van der Waals surface area (Å²) in [4.78, 5) is 0. The zero-order valence-electron chi connectivity index (χ0n) is 10.3. The second kappa shape index (κ2) is 6.28. The number of aliphatic hydroxyl groups excluding tert-OH is 1. The van der Waals surface area contributed by atoms with E-state index < -0.39 is 0 Å². The van der Waals surface area contributed by atoms with Crippen molar-refractivity contribution < 1.29 is 5.11 Å². The van der Waals surface area contributed by atoms with Gasteiger partial charge in [0.25, 0.3) is 0 Å². The van der Waals surface area contributed by atoms with Crippen molar-refractivity contribution in [1.29, 1.82) is 0 Å². The smallest absolute Gasteiger partial charge is 0.0827 e. The van der Waals surface area contributed by atoms with Crippen LogP contribution in [-0.4, -0.2) is 26.6 Å². The van der Waals surface area contributed by atoms with Gasteiger partial charge in [-0.05, 0) is 30.5 Å². The minimum atomic E-state index is 0.0762. The summed E-state index contributed by atoms with van der Waals surface area (Å²) in [5, 5.41) is 17.2. The van der Waals surface area contributed by atoms with Gasteiger partial charge in [-0.15, -0.1) is 5.10 Å². The summed E-state index contributed by atoms with van der Waals surface area (Å²) in [6.07, 6.45) is 3.76. The van der Waals surface area contributed by atoms with Crippen molar-refractivity contribution in [2.45, 2.75) is 26.0 Å². The molecule has 18 heavy (non-hydrogen) atoms. The van der Waals surface area contributed by atoms with Crippen molar-refractivity contribution in [3.8, 4) is 0 Å². The molecule has 0 unspecified atom stereocenters. The van der Waals surface area contributed by atoms with Crippen molar-refractivity contribution in [2.24, 2.45) is 5.73 Å². The highest BCUT2D eigenvalue weighted by Crippen LogP contribution is 2.06. The maximum atomic E-state index is 8.97. The molecule has 0 aliphatic heterocycles. The zero-order valence-corrected chi connectivity index (χ0v) is 10.3. The normalized spacial score (nSPS) is 10.8. The van der Waals surface area contributed by atoms with E-state index in [0.717, 1.165) is 29.7 Å². The molecule has 0 fully saturated rings. The third-order valence-electron chi connectivity index (χ3n) is 2.77. The summed E-state index contributed by atoms with van der Waals surface area (Å²) in [6.45, 7) is 1.45. The van der Waals surface area contributed by atoms with Crippen molar-refractivity contribution in [2.75, 3.05) is 6.54 Å². The molecule has 0 saturated carbocycles. The summed E-state index contributed by atoms with van der Waals surface area (Å²) in [7, 11) is 0. The summed E-state index contributed by atoms with van der Waals surface area (Å²) in [6, 6.07) is 7.82. The molecule has 0 radical (unpaired) electrons. The number of rotatable bonds is 6. The molecule has 2 aromatic rings. The largest absolute Gasteiger partial charge is 0.392 e. The van der Waals surface area contributed by atoms with E-state index in [2.05, 4.69) is 10.3 Å². The van der Waals surface area contributed by atoms with Crippen LogP contribution in [0.2, 0.25) is 0 Å². The highest BCUT2D eigenvalue weighted by atomic mass is 16.3. The van der Waals surface area contributed by atoms with E-state index in [1.54, 1.807) is 0 Å². The molecule has 0 aliphatic rings. The molecule has 3 N–H and O–H groups in total. The summed E-state index contributed by atoms with van der Waals surface area (Å²) >= 11 is 0. The zero-order chi connectivity index (χ0) is 12.8. The van der Waals surface area contributed by atoms with Crippen LogP contribution in [-0.2, 0) is 19.6 Å². The second-order valence-electron chi connectivity index (χ2n) is 4.27. The molecule has 0 bridgehead atoms. The maximum Gasteiger partial charge on any atom is 0.0827 e. The Balaban J connectivity index is 1.97. The van der Waals surface area contributed by atoms with E-state index in [1.165, 1.54) is 0 Å². The van der Waals surface area contributed by atoms with E-state index in [0.29, 0.717) is 13.1 Å². The fourth-order valence-corrected chi connectivity index (χ4v) is 1.75. The van der Waals surface area contributed by atoms with Crippen molar-refractivity contribution in [3.63, 3.8) is 0 Å². The Bertz CT molecular complexity index is 478. The molecule has 5 nitrogen and oxygen atoms in total. The number of aliphatic hydroxyl groups is 1. The first-order valence-corrected chi connectivity index (χ1v) is 6.09. The maximum absolute atomic E-state index is 8.97. The molecule has 0 aliphatic carbocycles. The number of aromatic nitrogens is 3. The van der Waals surface area contributed by atoms with Crippen LogP contribution in [0.4, 0.5) is 0 Å². The molecule has 1 aromatic carbocycles.